The van der Waals surface area contributed by atoms with Crippen molar-refractivity contribution in [1.82, 2.24) is 23.7 Å². The fourth-order valence-electron chi connectivity index (χ4n) is 10.7. The van der Waals surface area contributed by atoms with E-state index in [2.05, 4.69) is 207 Å². The summed E-state index contributed by atoms with van der Waals surface area (Å²) in [6, 6.07) is 73.4. The first-order valence-corrected chi connectivity index (χ1v) is 23.1. The predicted molar refractivity (Wildman–Crippen MR) is 281 cm³/mol. The number of aromatic nitrogens is 5. The summed E-state index contributed by atoms with van der Waals surface area (Å²) in [7, 11) is 2.02. The van der Waals surface area contributed by atoms with Crippen LogP contribution in [-0.2, 0) is 21.1 Å². The summed E-state index contributed by atoms with van der Waals surface area (Å²) in [5.41, 5.74) is 13.7. The monoisotopic (exact) mass is 1080 g/mol. The summed E-state index contributed by atoms with van der Waals surface area (Å²) in [5.74, 6) is 2.78. The van der Waals surface area contributed by atoms with Crippen molar-refractivity contribution in [2.75, 3.05) is 16.8 Å². The van der Waals surface area contributed by atoms with Gasteiger partial charge >= 0.3 is 0 Å². The molecule has 0 bridgehead atoms. The molecule has 0 aliphatic carbocycles. The van der Waals surface area contributed by atoms with E-state index >= 15 is 0 Å². The molecule has 0 atom stereocenters. The van der Waals surface area contributed by atoms with Crippen LogP contribution in [0.3, 0.4) is 0 Å². The van der Waals surface area contributed by atoms with Gasteiger partial charge in [0.1, 0.15) is 11.6 Å². The number of aryl methyl sites for hydroxylation is 1. The summed E-state index contributed by atoms with van der Waals surface area (Å²) in [4.78, 5) is 14.1. The van der Waals surface area contributed by atoms with Gasteiger partial charge in [0.15, 0.2) is 0 Å². The molecule has 0 unspecified atom stereocenters. The minimum atomic E-state index is 0. The van der Waals surface area contributed by atoms with E-state index in [1.807, 2.05) is 55.1 Å². The Balaban J connectivity index is 0.00000480. The second kappa shape index (κ2) is 16.4. The van der Waals surface area contributed by atoms with Gasteiger partial charge in [-0.1, -0.05) is 108 Å². The molecule has 0 amide bonds. The van der Waals surface area contributed by atoms with E-state index < -0.39 is 0 Å². The first kappa shape index (κ1) is 41.7. The summed E-state index contributed by atoms with van der Waals surface area (Å²) >= 11 is 0. The van der Waals surface area contributed by atoms with E-state index in [1.54, 1.807) is 0 Å². The molecule has 0 radical (unpaired) electrons. The normalized spacial score (nSPS) is 12.5. The van der Waals surface area contributed by atoms with E-state index in [-0.39, 0.29) is 21.1 Å². The molecule has 1 aliphatic heterocycles. The third-order valence-corrected chi connectivity index (χ3v) is 13.7. The standard InChI is InChI=1S/C61H40N7O.Pt/c1-39-34-59(68-54-27-12-7-22-47(54)48-32-31-42(36-58(48)68)69-41-17-13-16-40(35-41)65-38-64(2)57-30-15-33-62-61(57)65)63-37-49(39)60-55(66-50-23-8-3-18-43(50)44-19-4-9-24-51(44)66)28-14-29-56(60)67-52-25-10-5-20-45(52)46-21-6-11-26-53(46)67;/h3-34,37-38H,1-2H3;/q-3;. The van der Waals surface area contributed by atoms with Crippen molar-refractivity contribution in [3.05, 3.63) is 225 Å². The first-order valence-electron chi connectivity index (χ1n) is 23.1. The number of fused-ring (bicyclic) bond motifs is 10. The fraction of sp³-hybridized carbons (Fsp3) is 0.0328. The van der Waals surface area contributed by atoms with Crippen molar-refractivity contribution in [1.29, 1.82) is 0 Å². The number of rotatable bonds is 7. The van der Waals surface area contributed by atoms with Crippen molar-refractivity contribution in [3.63, 3.8) is 0 Å². The van der Waals surface area contributed by atoms with Crippen LogP contribution in [0.2, 0.25) is 0 Å². The van der Waals surface area contributed by atoms with Crippen LogP contribution in [-0.4, -0.2) is 30.7 Å². The number of hydrogen-bond donors (Lipinski definition) is 0. The minimum Gasteiger partial charge on any atom is -0.509 e. The number of hydrogen-bond acceptors (Lipinski definition) is 5. The van der Waals surface area contributed by atoms with Crippen LogP contribution < -0.4 is 14.5 Å². The molecule has 0 saturated heterocycles. The van der Waals surface area contributed by atoms with Crippen LogP contribution in [0.15, 0.2) is 200 Å². The van der Waals surface area contributed by atoms with Crippen molar-refractivity contribution >= 4 is 82.6 Å². The summed E-state index contributed by atoms with van der Waals surface area (Å²) < 4.78 is 13.7. The molecule has 70 heavy (non-hydrogen) atoms. The van der Waals surface area contributed by atoms with Gasteiger partial charge in [0.25, 0.3) is 0 Å². The Morgan fingerprint density at radius 3 is 1.59 bits per heavy atom. The molecule has 6 heterocycles. The fourth-order valence-corrected chi connectivity index (χ4v) is 10.7. The Morgan fingerprint density at radius 2 is 1.00 bits per heavy atom. The van der Waals surface area contributed by atoms with Gasteiger partial charge in [0.2, 0.25) is 0 Å². The van der Waals surface area contributed by atoms with Crippen molar-refractivity contribution < 1.29 is 25.8 Å². The number of pyridine rings is 2. The van der Waals surface area contributed by atoms with Crippen molar-refractivity contribution in [2.24, 2.45) is 0 Å². The molecule has 0 fully saturated rings. The Kier molecular flexibility index (Phi) is 9.75. The Morgan fingerprint density at radius 1 is 0.486 bits per heavy atom. The molecular formula is C61H40N7OPt-3. The maximum atomic E-state index is 6.58. The second-order valence-corrected chi connectivity index (χ2v) is 17.7. The molecule has 0 N–H and O–H groups in total. The predicted octanol–water partition coefficient (Wildman–Crippen LogP) is 14.8. The molecule has 338 valence electrons. The number of ether oxygens (including phenoxy) is 1. The van der Waals surface area contributed by atoms with E-state index in [9.17, 15) is 0 Å². The zero-order valence-corrected chi connectivity index (χ0v) is 40.3. The molecule has 5 aromatic heterocycles. The van der Waals surface area contributed by atoms with Gasteiger partial charge in [0, 0.05) is 88.8 Å². The largest absolute Gasteiger partial charge is 0.509 e. The summed E-state index contributed by atoms with van der Waals surface area (Å²) in [6.07, 6.45) is 3.87. The Bertz CT molecular complexity index is 3980. The first-order chi connectivity index (χ1) is 34.1. The molecule has 8 nitrogen and oxygen atoms in total. The molecule has 0 spiro atoms. The van der Waals surface area contributed by atoms with Gasteiger partial charge in [-0.05, 0) is 85.6 Å². The summed E-state index contributed by atoms with van der Waals surface area (Å²) in [5, 5.41) is 7.01. The third kappa shape index (κ3) is 6.33. The zero-order valence-electron chi connectivity index (χ0n) is 38.0. The quantitative estimate of drug-likeness (QED) is 0.149. The van der Waals surface area contributed by atoms with Gasteiger partial charge in [0.05, 0.1) is 33.4 Å². The smallest absolute Gasteiger partial charge is 0.135 e. The number of nitrogens with zero attached hydrogens (tertiary/aromatic N) is 7. The Hall–Kier alpha value is -8.45. The van der Waals surface area contributed by atoms with Gasteiger partial charge in [-0.15, -0.1) is 35.7 Å². The van der Waals surface area contributed by atoms with Crippen molar-refractivity contribution in [2.45, 2.75) is 6.92 Å². The number of benzene rings is 8. The van der Waals surface area contributed by atoms with E-state index in [0.717, 1.165) is 94.9 Å². The number of anilines is 3. The second-order valence-electron chi connectivity index (χ2n) is 17.7. The van der Waals surface area contributed by atoms with Crippen LogP contribution in [0.5, 0.6) is 11.5 Å². The van der Waals surface area contributed by atoms with Crippen LogP contribution in [0, 0.1) is 25.7 Å². The molecule has 14 rings (SSSR count). The number of para-hydroxylation sites is 5. The van der Waals surface area contributed by atoms with Gasteiger partial charge in [-0.2, -0.15) is 18.8 Å². The van der Waals surface area contributed by atoms with Gasteiger partial charge in [-0.25, -0.2) is 9.97 Å². The van der Waals surface area contributed by atoms with Crippen LogP contribution in [0.4, 0.5) is 17.2 Å². The molecule has 0 saturated carbocycles. The molecule has 1 aliphatic rings. The van der Waals surface area contributed by atoms with Crippen molar-refractivity contribution in [3.8, 4) is 39.8 Å². The molecule has 13 aromatic rings. The SMILES string of the molecule is Cc1cc(-n2c3[c-]c(Oc4[c-]c(N5[CH-]N(C)c6cccnc65)ccc4)ccc3c3ccccc32)ncc1-c1c(-n2c3ccccc3c3ccccc32)cccc1-n1c2ccccc2c2ccccc21.[Pt]. The van der Waals surface area contributed by atoms with E-state index in [1.165, 1.54) is 21.5 Å². The molecular weight excluding hydrogens is 1040 g/mol. The molecule has 8 aromatic carbocycles. The Labute approximate surface area is 418 Å². The topological polar surface area (TPSA) is 56.3 Å². The maximum absolute atomic E-state index is 6.58. The molecule has 9 heteroatoms. The third-order valence-electron chi connectivity index (χ3n) is 13.7. The zero-order chi connectivity index (χ0) is 45.7. The maximum Gasteiger partial charge on any atom is 0.135 e. The van der Waals surface area contributed by atoms with Crippen LogP contribution >= 0.6 is 0 Å². The van der Waals surface area contributed by atoms with Crippen LogP contribution in [0.25, 0.3) is 93.7 Å². The average molecular weight is 1080 g/mol. The average Bonchev–Trinajstić information content (AvgIpc) is 4.12. The van der Waals surface area contributed by atoms with E-state index in [0.29, 0.717) is 11.5 Å². The van der Waals surface area contributed by atoms with Gasteiger partial charge in [-0.3, -0.25) is 0 Å². The van der Waals surface area contributed by atoms with Gasteiger partial charge < -0.3 is 28.2 Å². The minimum absolute atomic E-state index is 0. The van der Waals surface area contributed by atoms with E-state index in [4.69, 9.17) is 9.72 Å². The van der Waals surface area contributed by atoms with Crippen LogP contribution in [0.1, 0.15) is 5.56 Å². The summed E-state index contributed by atoms with van der Waals surface area (Å²) in [6.45, 7) is 4.22.